The van der Waals surface area contributed by atoms with E-state index in [9.17, 15) is 0 Å². The van der Waals surface area contributed by atoms with E-state index in [1.54, 1.807) is 0 Å². The van der Waals surface area contributed by atoms with Crippen molar-refractivity contribution in [3.8, 4) is 0 Å². The fraction of sp³-hybridized carbons (Fsp3) is 1.00. The molecule has 0 aromatic heterocycles. The monoisotopic (exact) mass is 212 g/mol. The molecule has 90 valence electrons. The van der Waals surface area contributed by atoms with Crippen LogP contribution in [0.15, 0.2) is 0 Å². The molecule has 15 heavy (non-hydrogen) atoms. The minimum Gasteiger partial charge on any atom is -0.304 e. The Morgan fingerprint density at radius 3 is 2.40 bits per heavy atom. The highest BCUT2D eigenvalue weighted by Crippen LogP contribution is 2.21. The predicted octanol–water partition coefficient (Wildman–Crippen LogP) is 2.45. The van der Waals surface area contributed by atoms with Crippen LogP contribution in [-0.2, 0) is 0 Å². The molecule has 0 spiro atoms. The molecule has 2 nitrogen and oxygen atoms in total. The van der Waals surface area contributed by atoms with Crippen LogP contribution in [0.1, 0.15) is 40.5 Å². The summed E-state index contributed by atoms with van der Waals surface area (Å²) in [5.74, 6) is 0.939. The van der Waals surface area contributed by atoms with E-state index in [1.165, 1.54) is 32.5 Å². The molecule has 2 heteroatoms. The lowest BCUT2D eigenvalue weighted by molar-refractivity contribution is 0.235. The van der Waals surface area contributed by atoms with Gasteiger partial charge < -0.3 is 9.80 Å². The molecular weight excluding hydrogens is 184 g/mol. The van der Waals surface area contributed by atoms with Gasteiger partial charge in [-0.15, -0.1) is 0 Å². The van der Waals surface area contributed by atoms with Gasteiger partial charge in [-0.2, -0.15) is 0 Å². The van der Waals surface area contributed by atoms with Crippen molar-refractivity contribution >= 4 is 0 Å². The molecule has 0 N–H and O–H groups in total. The quantitative estimate of drug-likeness (QED) is 0.690. The van der Waals surface area contributed by atoms with E-state index in [0.717, 1.165) is 12.0 Å². The Labute approximate surface area is 95.6 Å². The van der Waals surface area contributed by atoms with E-state index in [4.69, 9.17) is 0 Å². The third-order valence-corrected chi connectivity index (χ3v) is 3.82. The van der Waals surface area contributed by atoms with Crippen LogP contribution in [0.4, 0.5) is 0 Å². The highest BCUT2D eigenvalue weighted by molar-refractivity contribution is 4.78. The van der Waals surface area contributed by atoms with E-state index in [2.05, 4.69) is 44.5 Å². The average molecular weight is 212 g/mol. The van der Waals surface area contributed by atoms with Gasteiger partial charge in [0.25, 0.3) is 0 Å². The maximum Gasteiger partial charge on any atom is 0.00387 e. The molecule has 0 aromatic carbocycles. The first-order chi connectivity index (χ1) is 7.00. The van der Waals surface area contributed by atoms with Crippen LogP contribution >= 0.6 is 0 Å². The molecule has 1 unspecified atom stereocenters. The normalized spacial score (nSPS) is 23.6. The zero-order chi connectivity index (χ0) is 11.4. The lowest BCUT2D eigenvalue weighted by atomic mass is 10.0. The van der Waals surface area contributed by atoms with Crippen molar-refractivity contribution in [3.05, 3.63) is 0 Å². The standard InChI is InChI=1S/C13H28N2/c1-11(2)14(5)8-6-13-7-9-15(10-13)12(3)4/h11-13H,6-10H2,1-5H3. The van der Waals surface area contributed by atoms with Gasteiger partial charge in [-0.1, -0.05) is 0 Å². The van der Waals surface area contributed by atoms with E-state index >= 15 is 0 Å². The number of nitrogens with zero attached hydrogens (tertiary/aromatic N) is 2. The van der Waals surface area contributed by atoms with E-state index < -0.39 is 0 Å². The van der Waals surface area contributed by atoms with Crippen molar-refractivity contribution in [3.63, 3.8) is 0 Å². The Morgan fingerprint density at radius 1 is 1.27 bits per heavy atom. The van der Waals surface area contributed by atoms with Crippen molar-refractivity contribution in [1.29, 1.82) is 0 Å². The van der Waals surface area contributed by atoms with Crippen molar-refractivity contribution < 1.29 is 0 Å². The fourth-order valence-electron chi connectivity index (χ4n) is 2.21. The Bertz CT molecular complexity index is 177. The maximum atomic E-state index is 2.61. The highest BCUT2D eigenvalue weighted by Gasteiger charge is 2.24. The Hall–Kier alpha value is -0.0800. The van der Waals surface area contributed by atoms with Crippen LogP contribution in [0.5, 0.6) is 0 Å². The zero-order valence-corrected chi connectivity index (χ0v) is 11.2. The largest absolute Gasteiger partial charge is 0.304 e. The predicted molar refractivity (Wildman–Crippen MR) is 67.2 cm³/mol. The summed E-state index contributed by atoms with van der Waals surface area (Å²) < 4.78 is 0. The molecule has 0 saturated carbocycles. The molecule has 1 fully saturated rings. The Kier molecular flexibility index (Phi) is 5.07. The van der Waals surface area contributed by atoms with Crippen molar-refractivity contribution in [1.82, 2.24) is 9.80 Å². The van der Waals surface area contributed by atoms with Gasteiger partial charge >= 0.3 is 0 Å². The highest BCUT2D eigenvalue weighted by atomic mass is 15.2. The van der Waals surface area contributed by atoms with E-state index in [-0.39, 0.29) is 0 Å². The lowest BCUT2D eigenvalue weighted by Crippen LogP contribution is -2.30. The first kappa shape index (κ1) is 13.0. The molecule has 0 aromatic rings. The van der Waals surface area contributed by atoms with Gasteiger partial charge in [-0.3, -0.25) is 0 Å². The lowest BCUT2D eigenvalue weighted by Gasteiger charge is -2.23. The summed E-state index contributed by atoms with van der Waals surface area (Å²) in [6, 6.07) is 1.42. The van der Waals surface area contributed by atoms with Gasteiger partial charge in [-0.25, -0.2) is 0 Å². The molecule has 1 heterocycles. The van der Waals surface area contributed by atoms with Crippen molar-refractivity contribution in [2.45, 2.75) is 52.6 Å². The molecular formula is C13H28N2. The first-order valence-electron chi connectivity index (χ1n) is 6.45. The van der Waals surface area contributed by atoms with Crippen LogP contribution in [0, 0.1) is 5.92 Å². The average Bonchev–Trinajstić information content (AvgIpc) is 2.62. The molecule has 0 aliphatic carbocycles. The maximum absolute atomic E-state index is 2.61. The third-order valence-electron chi connectivity index (χ3n) is 3.82. The minimum atomic E-state index is 0.688. The summed E-state index contributed by atoms with van der Waals surface area (Å²) in [5, 5.41) is 0. The summed E-state index contributed by atoms with van der Waals surface area (Å²) in [6.45, 7) is 13.1. The number of likely N-dealkylation sites (tertiary alicyclic amines) is 1. The Balaban J connectivity index is 2.19. The molecule has 1 rings (SSSR count). The van der Waals surface area contributed by atoms with E-state index in [1.807, 2.05) is 0 Å². The van der Waals surface area contributed by atoms with Crippen LogP contribution in [0.3, 0.4) is 0 Å². The minimum absolute atomic E-state index is 0.688. The molecule has 1 aliphatic heterocycles. The van der Waals surface area contributed by atoms with Gasteiger partial charge in [0, 0.05) is 18.6 Å². The molecule has 1 aliphatic rings. The van der Waals surface area contributed by atoms with Gasteiger partial charge in [0.1, 0.15) is 0 Å². The van der Waals surface area contributed by atoms with Gasteiger partial charge in [0.05, 0.1) is 0 Å². The summed E-state index contributed by atoms with van der Waals surface area (Å²) in [4.78, 5) is 5.07. The van der Waals surface area contributed by atoms with Crippen LogP contribution in [0.2, 0.25) is 0 Å². The van der Waals surface area contributed by atoms with Crippen molar-refractivity contribution in [2.75, 3.05) is 26.7 Å². The topological polar surface area (TPSA) is 6.48 Å². The molecule has 0 amide bonds. The summed E-state index contributed by atoms with van der Waals surface area (Å²) in [6.07, 6.45) is 2.78. The number of hydrogen-bond acceptors (Lipinski definition) is 2. The van der Waals surface area contributed by atoms with Crippen LogP contribution < -0.4 is 0 Å². The second kappa shape index (κ2) is 5.86. The summed E-state index contributed by atoms with van der Waals surface area (Å²) in [7, 11) is 2.24. The molecule has 1 saturated heterocycles. The van der Waals surface area contributed by atoms with Gasteiger partial charge in [0.15, 0.2) is 0 Å². The first-order valence-corrected chi connectivity index (χ1v) is 6.45. The summed E-state index contributed by atoms with van der Waals surface area (Å²) in [5.41, 5.74) is 0. The van der Waals surface area contributed by atoms with Gasteiger partial charge in [0.2, 0.25) is 0 Å². The van der Waals surface area contributed by atoms with Crippen LogP contribution in [0.25, 0.3) is 0 Å². The number of rotatable bonds is 5. The second-order valence-electron chi connectivity index (χ2n) is 5.61. The molecule has 0 bridgehead atoms. The van der Waals surface area contributed by atoms with Crippen molar-refractivity contribution in [2.24, 2.45) is 5.92 Å². The third kappa shape index (κ3) is 4.12. The SMILES string of the molecule is CC(C)N(C)CCC1CCN(C(C)C)C1. The zero-order valence-electron chi connectivity index (χ0n) is 11.2. The van der Waals surface area contributed by atoms with Gasteiger partial charge in [-0.05, 0) is 66.6 Å². The Morgan fingerprint density at radius 2 is 1.93 bits per heavy atom. The van der Waals surface area contributed by atoms with E-state index in [0.29, 0.717) is 6.04 Å². The smallest absolute Gasteiger partial charge is 0.00387 e. The molecule has 1 atom stereocenters. The molecule has 0 radical (unpaired) electrons. The van der Waals surface area contributed by atoms with Crippen LogP contribution in [-0.4, -0.2) is 48.6 Å². The summed E-state index contributed by atoms with van der Waals surface area (Å²) >= 11 is 0. The fourth-order valence-corrected chi connectivity index (χ4v) is 2.21. The second-order valence-corrected chi connectivity index (χ2v) is 5.61. The number of hydrogen-bond donors (Lipinski definition) is 0.